The van der Waals surface area contributed by atoms with Crippen LogP contribution in [0.4, 0.5) is 11.6 Å². The van der Waals surface area contributed by atoms with E-state index in [1.165, 1.54) is 6.42 Å². The quantitative estimate of drug-likeness (QED) is 0.784. The monoisotopic (exact) mass is 221 g/mol. The zero-order valence-electron chi connectivity index (χ0n) is 9.90. The van der Waals surface area contributed by atoms with Crippen molar-refractivity contribution in [2.45, 2.75) is 19.4 Å². The Labute approximate surface area is 96.3 Å². The summed E-state index contributed by atoms with van der Waals surface area (Å²) in [5, 5.41) is 6.51. The maximum atomic E-state index is 4.32. The first kappa shape index (κ1) is 11.1. The van der Waals surface area contributed by atoms with Crippen molar-refractivity contribution in [1.82, 2.24) is 15.3 Å². The van der Waals surface area contributed by atoms with Crippen molar-refractivity contribution in [3.05, 3.63) is 12.4 Å². The third kappa shape index (κ3) is 2.41. The average Bonchev–Trinajstić information content (AvgIpc) is 2.78. The van der Waals surface area contributed by atoms with Crippen LogP contribution in [0.3, 0.4) is 0 Å². The number of hydrogen-bond acceptors (Lipinski definition) is 5. The van der Waals surface area contributed by atoms with Crippen LogP contribution in [0.1, 0.15) is 13.3 Å². The Morgan fingerprint density at radius 3 is 3.06 bits per heavy atom. The summed E-state index contributed by atoms with van der Waals surface area (Å²) in [6.07, 6.45) is 2.80. The lowest BCUT2D eigenvalue weighted by molar-refractivity contribution is 0.616. The molecule has 2 rings (SSSR count). The minimum atomic E-state index is 0.581. The van der Waals surface area contributed by atoms with Gasteiger partial charge in [0.05, 0.1) is 0 Å². The lowest BCUT2D eigenvalue weighted by atomic mass is 10.3. The van der Waals surface area contributed by atoms with Gasteiger partial charge >= 0.3 is 0 Å². The predicted octanol–water partition coefficient (Wildman–Crippen LogP) is 0.706. The van der Waals surface area contributed by atoms with Crippen molar-refractivity contribution in [3.63, 3.8) is 0 Å². The smallest absolute Gasteiger partial charge is 0.134 e. The molecule has 1 aliphatic rings. The molecular weight excluding hydrogens is 202 g/mol. The molecule has 1 saturated heterocycles. The van der Waals surface area contributed by atoms with Crippen LogP contribution in [-0.4, -0.2) is 42.7 Å². The summed E-state index contributed by atoms with van der Waals surface area (Å²) >= 11 is 0. The number of nitrogens with one attached hydrogen (secondary N) is 2. The average molecular weight is 221 g/mol. The summed E-state index contributed by atoms with van der Waals surface area (Å²) in [5.41, 5.74) is 0. The summed E-state index contributed by atoms with van der Waals surface area (Å²) < 4.78 is 0. The highest BCUT2D eigenvalue weighted by atomic mass is 15.2. The van der Waals surface area contributed by atoms with Crippen LogP contribution in [-0.2, 0) is 0 Å². The number of anilines is 2. The van der Waals surface area contributed by atoms with Crippen molar-refractivity contribution in [3.8, 4) is 0 Å². The van der Waals surface area contributed by atoms with Gasteiger partial charge in [-0.2, -0.15) is 0 Å². The molecule has 1 fully saturated rings. The van der Waals surface area contributed by atoms with Crippen molar-refractivity contribution in [2.24, 2.45) is 0 Å². The van der Waals surface area contributed by atoms with Gasteiger partial charge in [0.15, 0.2) is 0 Å². The zero-order valence-corrected chi connectivity index (χ0v) is 9.90. The van der Waals surface area contributed by atoms with Crippen LogP contribution < -0.4 is 15.5 Å². The molecule has 0 amide bonds. The Morgan fingerprint density at radius 1 is 1.50 bits per heavy atom. The van der Waals surface area contributed by atoms with E-state index in [4.69, 9.17) is 0 Å². The first-order chi connectivity index (χ1) is 7.83. The molecular formula is C11H19N5. The Kier molecular flexibility index (Phi) is 3.56. The molecule has 2 N–H and O–H groups in total. The molecule has 1 aromatic heterocycles. The highest BCUT2D eigenvalue weighted by molar-refractivity contribution is 5.49. The first-order valence-corrected chi connectivity index (χ1v) is 5.81. The van der Waals surface area contributed by atoms with Crippen LogP contribution in [0.15, 0.2) is 12.4 Å². The normalized spacial score (nSPS) is 20.1. The summed E-state index contributed by atoms with van der Waals surface area (Å²) in [6.45, 7) is 5.04. The topological polar surface area (TPSA) is 53.1 Å². The molecule has 0 aromatic carbocycles. The van der Waals surface area contributed by atoms with Crippen molar-refractivity contribution >= 4 is 11.6 Å². The molecule has 0 bridgehead atoms. The van der Waals surface area contributed by atoms with Gasteiger partial charge in [0.1, 0.15) is 18.0 Å². The van der Waals surface area contributed by atoms with Gasteiger partial charge in [-0.3, -0.25) is 0 Å². The van der Waals surface area contributed by atoms with Crippen LogP contribution in [0, 0.1) is 0 Å². The van der Waals surface area contributed by atoms with Gasteiger partial charge in [-0.05, 0) is 20.4 Å². The molecule has 2 heterocycles. The Morgan fingerprint density at radius 2 is 2.38 bits per heavy atom. The molecule has 5 nitrogen and oxygen atoms in total. The minimum absolute atomic E-state index is 0.581. The summed E-state index contributed by atoms with van der Waals surface area (Å²) in [4.78, 5) is 10.8. The Balaban J connectivity index is 2.06. The van der Waals surface area contributed by atoms with Gasteiger partial charge in [-0.25, -0.2) is 9.97 Å². The molecule has 5 heteroatoms. The number of hydrogen-bond donors (Lipinski definition) is 2. The molecule has 1 aliphatic heterocycles. The lowest BCUT2D eigenvalue weighted by Gasteiger charge is -2.17. The highest BCUT2D eigenvalue weighted by Crippen LogP contribution is 2.19. The largest absolute Gasteiger partial charge is 0.370 e. The van der Waals surface area contributed by atoms with Crippen molar-refractivity contribution in [1.29, 1.82) is 0 Å². The van der Waals surface area contributed by atoms with Crippen molar-refractivity contribution < 1.29 is 0 Å². The second-order valence-electron chi connectivity index (χ2n) is 4.01. The fraction of sp³-hybridized carbons (Fsp3) is 0.636. The van der Waals surface area contributed by atoms with Crippen LogP contribution in [0.25, 0.3) is 0 Å². The fourth-order valence-electron chi connectivity index (χ4n) is 2.00. The Hall–Kier alpha value is -1.36. The SMILES string of the molecule is CCNc1cc(N2CC[C@H](NC)C2)ncn1. The third-order valence-corrected chi connectivity index (χ3v) is 2.93. The van der Waals surface area contributed by atoms with Gasteiger partial charge in [-0.1, -0.05) is 0 Å². The van der Waals surface area contributed by atoms with Gasteiger partial charge in [0.2, 0.25) is 0 Å². The molecule has 16 heavy (non-hydrogen) atoms. The highest BCUT2D eigenvalue weighted by Gasteiger charge is 2.22. The molecule has 0 unspecified atom stereocenters. The third-order valence-electron chi connectivity index (χ3n) is 2.93. The standard InChI is InChI=1S/C11H19N5/c1-3-13-10-6-11(15-8-14-10)16-5-4-9(7-16)12-2/h6,8-9,12H,3-5,7H2,1-2H3,(H,13,14,15)/t9-/m0/s1. The second kappa shape index (κ2) is 5.12. The number of aromatic nitrogens is 2. The van der Waals surface area contributed by atoms with E-state index >= 15 is 0 Å². The molecule has 88 valence electrons. The van der Waals surface area contributed by atoms with E-state index in [0.29, 0.717) is 6.04 Å². The van der Waals surface area contributed by atoms with Crippen LogP contribution in [0.2, 0.25) is 0 Å². The van der Waals surface area contributed by atoms with Gasteiger partial charge in [0.25, 0.3) is 0 Å². The predicted molar refractivity (Wildman–Crippen MR) is 65.9 cm³/mol. The van der Waals surface area contributed by atoms with Gasteiger partial charge in [-0.15, -0.1) is 0 Å². The minimum Gasteiger partial charge on any atom is -0.370 e. The second-order valence-corrected chi connectivity index (χ2v) is 4.01. The fourth-order valence-corrected chi connectivity index (χ4v) is 2.00. The molecule has 0 spiro atoms. The Bertz CT molecular complexity index is 341. The summed E-state index contributed by atoms with van der Waals surface area (Å²) in [5.74, 6) is 1.92. The van der Waals surface area contributed by atoms with E-state index < -0.39 is 0 Å². The maximum absolute atomic E-state index is 4.32. The van der Waals surface area contributed by atoms with Gasteiger partial charge in [0, 0.05) is 31.7 Å². The maximum Gasteiger partial charge on any atom is 0.134 e. The van der Waals surface area contributed by atoms with Crippen LogP contribution in [0.5, 0.6) is 0 Å². The van der Waals surface area contributed by atoms with E-state index in [9.17, 15) is 0 Å². The van der Waals surface area contributed by atoms with Gasteiger partial charge < -0.3 is 15.5 Å². The molecule has 0 radical (unpaired) electrons. The lowest BCUT2D eigenvalue weighted by Crippen LogP contribution is -2.29. The van der Waals surface area contributed by atoms with Crippen molar-refractivity contribution in [2.75, 3.05) is 36.9 Å². The van der Waals surface area contributed by atoms with E-state index in [1.807, 2.05) is 13.1 Å². The zero-order chi connectivity index (χ0) is 11.4. The number of rotatable bonds is 4. The van der Waals surface area contributed by atoms with E-state index in [0.717, 1.165) is 31.3 Å². The van der Waals surface area contributed by atoms with E-state index in [1.54, 1.807) is 6.33 Å². The first-order valence-electron chi connectivity index (χ1n) is 5.81. The molecule has 1 atom stereocenters. The summed E-state index contributed by atoms with van der Waals surface area (Å²) in [7, 11) is 2.01. The number of likely N-dealkylation sites (N-methyl/N-ethyl adjacent to an activating group) is 1. The summed E-state index contributed by atoms with van der Waals surface area (Å²) in [6, 6.07) is 2.60. The molecule has 1 aromatic rings. The molecule has 0 aliphatic carbocycles. The van der Waals surface area contributed by atoms with E-state index in [2.05, 4.69) is 32.4 Å². The van der Waals surface area contributed by atoms with E-state index in [-0.39, 0.29) is 0 Å². The molecule has 0 saturated carbocycles. The number of nitrogens with zero attached hydrogens (tertiary/aromatic N) is 3. The van der Waals surface area contributed by atoms with Crippen LogP contribution >= 0.6 is 0 Å².